The number of hydrogen-bond donors (Lipinski definition) is 1. The van der Waals surface area contributed by atoms with Gasteiger partial charge in [-0.25, -0.2) is 0 Å². The Bertz CT molecular complexity index is 672. The van der Waals surface area contributed by atoms with E-state index in [-0.39, 0.29) is 16.4 Å². The fourth-order valence-electron chi connectivity index (χ4n) is 2.10. The number of hydrogen-bond acceptors (Lipinski definition) is 4. The Morgan fingerprint density at radius 3 is 2.48 bits per heavy atom. The summed E-state index contributed by atoms with van der Waals surface area (Å²) in [5, 5.41) is 1.66. The Balaban J connectivity index is 1.71. The molecule has 0 saturated carbocycles. The van der Waals surface area contributed by atoms with Gasteiger partial charge in [-0.15, -0.1) is 0 Å². The first-order valence-electron chi connectivity index (χ1n) is 6.54. The number of para-hydroxylation sites is 1. The van der Waals surface area contributed by atoms with Gasteiger partial charge in [0.15, 0.2) is 0 Å². The third kappa shape index (κ3) is 3.44. The van der Waals surface area contributed by atoms with Crippen LogP contribution in [0.5, 0.6) is 11.5 Å². The van der Waals surface area contributed by atoms with Gasteiger partial charge in [-0.3, -0.25) is 14.9 Å². The Morgan fingerprint density at radius 1 is 1.00 bits per heavy atom. The number of carbonyl (C=O) groups excluding carboxylic acids is 2. The summed E-state index contributed by atoms with van der Waals surface area (Å²) in [5.74, 6) is 1.26. The van der Waals surface area contributed by atoms with Crippen LogP contribution in [-0.4, -0.2) is 16.4 Å². The van der Waals surface area contributed by atoms with Gasteiger partial charge in [0, 0.05) is 0 Å². The molecule has 2 aromatic rings. The summed E-state index contributed by atoms with van der Waals surface area (Å²) in [6.07, 6.45) is 0.508. The first-order chi connectivity index (χ1) is 10.2. The molecule has 3 rings (SSSR count). The lowest BCUT2D eigenvalue weighted by Gasteiger charge is -2.09. The molecule has 1 N–H and O–H groups in total. The lowest BCUT2D eigenvalue weighted by atomic mass is 10.1. The van der Waals surface area contributed by atoms with Gasteiger partial charge in [0.2, 0.25) is 5.91 Å². The van der Waals surface area contributed by atoms with Crippen molar-refractivity contribution in [3.63, 3.8) is 0 Å². The van der Waals surface area contributed by atoms with Crippen LogP contribution in [0.15, 0.2) is 54.6 Å². The molecular formula is C16H13NO3S. The van der Waals surface area contributed by atoms with E-state index in [0.717, 1.165) is 23.1 Å². The zero-order chi connectivity index (χ0) is 14.7. The van der Waals surface area contributed by atoms with Gasteiger partial charge in [-0.1, -0.05) is 42.1 Å². The van der Waals surface area contributed by atoms with Crippen molar-refractivity contribution in [3.05, 3.63) is 60.2 Å². The quantitative estimate of drug-likeness (QED) is 0.940. The molecule has 1 aliphatic rings. The van der Waals surface area contributed by atoms with Crippen LogP contribution in [0.3, 0.4) is 0 Å². The summed E-state index contributed by atoms with van der Waals surface area (Å²) in [6.45, 7) is 0. The Labute approximate surface area is 126 Å². The molecular weight excluding hydrogens is 286 g/mol. The minimum absolute atomic E-state index is 0.223. The van der Waals surface area contributed by atoms with Crippen LogP contribution in [0, 0.1) is 0 Å². The normalized spacial score (nSPS) is 17.6. The molecule has 2 amide bonds. The predicted octanol–water partition coefficient (Wildman–Crippen LogP) is 3.37. The van der Waals surface area contributed by atoms with Crippen molar-refractivity contribution in [3.8, 4) is 11.5 Å². The average molecular weight is 299 g/mol. The zero-order valence-electron chi connectivity index (χ0n) is 11.1. The summed E-state index contributed by atoms with van der Waals surface area (Å²) in [6, 6.07) is 17.1. The second-order valence-corrected chi connectivity index (χ2v) is 5.83. The van der Waals surface area contributed by atoms with Crippen molar-refractivity contribution in [2.45, 2.75) is 11.7 Å². The van der Waals surface area contributed by atoms with Crippen LogP contribution < -0.4 is 10.1 Å². The smallest absolute Gasteiger partial charge is 0.286 e. The summed E-state index contributed by atoms with van der Waals surface area (Å²) < 4.78 is 5.76. The van der Waals surface area contributed by atoms with Crippen LogP contribution in [-0.2, 0) is 11.2 Å². The third-order valence-electron chi connectivity index (χ3n) is 3.07. The Kier molecular flexibility index (Phi) is 3.92. The second-order valence-electron chi connectivity index (χ2n) is 4.65. The highest BCUT2D eigenvalue weighted by Crippen LogP contribution is 2.26. The molecule has 0 spiro atoms. The van der Waals surface area contributed by atoms with Crippen LogP contribution in [0.2, 0.25) is 0 Å². The van der Waals surface area contributed by atoms with Crippen molar-refractivity contribution in [2.24, 2.45) is 0 Å². The standard InChI is InChI=1S/C16H13NO3S/c18-15-14(21-16(19)17-15)10-11-5-4-8-13(9-11)20-12-6-2-1-3-7-12/h1-9,14H,10H2,(H,17,18,19)/t14-/m0/s1. The van der Waals surface area contributed by atoms with Crippen molar-refractivity contribution in [2.75, 3.05) is 0 Å². The van der Waals surface area contributed by atoms with E-state index in [9.17, 15) is 9.59 Å². The molecule has 1 fully saturated rings. The van der Waals surface area contributed by atoms with E-state index in [2.05, 4.69) is 5.32 Å². The van der Waals surface area contributed by atoms with Crippen LogP contribution >= 0.6 is 11.8 Å². The van der Waals surface area contributed by atoms with E-state index >= 15 is 0 Å². The topological polar surface area (TPSA) is 55.4 Å². The monoisotopic (exact) mass is 299 g/mol. The lowest BCUT2D eigenvalue weighted by Crippen LogP contribution is -2.25. The second kappa shape index (κ2) is 6.01. The van der Waals surface area contributed by atoms with Gasteiger partial charge in [-0.05, 0) is 36.2 Å². The Morgan fingerprint density at radius 2 is 1.76 bits per heavy atom. The predicted molar refractivity (Wildman–Crippen MR) is 81.6 cm³/mol. The van der Waals surface area contributed by atoms with E-state index in [1.54, 1.807) is 0 Å². The number of thioether (sulfide) groups is 1. The number of rotatable bonds is 4. The molecule has 21 heavy (non-hydrogen) atoms. The molecule has 0 aromatic heterocycles. The highest BCUT2D eigenvalue weighted by atomic mass is 32.2. The van der Waals surface area contributed by atoms with Crippen molar-refractivity contribution in [1.29, 1.82) is 0 Å². The van der Waals surface area contributed by atoms with E-state index in [4.69, 9.17) is 4.74 Å². The molecule has 0 radical (unpaired) electrons. The highest BCUT2D eigenvalue weighted by molar-refractivity contribution is 8.15. The van der Waals surface area contributed by atoms with Crippen molar-refractivity contribution in [1.82, 2.24) is 5.32 Å². The maximum atomic E-state index is 11.6. The average Bonchev–Trinajstić information content (AvgIpc) is 2.78. The highest BCUT2D eigenvalue weighted by Gasteiger charge is 2.31. The number of carbonyl (C=O) groups is 2. The van der Waals surface area contributed by atoms with E-state index in [0.29, 0.717) is 12.2 Å². The van der Waals surface area contributed by atoms with Crippen molar-refractivity contribution >= 4 is 22.9 Å². The number of ether oxygens (including phenoxy) is 1. The number of imide groups is 1. The summed E-state index contributed by atoms with van der Waals surface area (Å²) in [5.41, 5.74) is 0.964. The number of nitrogens with one attached hydrogen (secondary N) is 1. The van der Waals surface area contributed by atoms with Gasteiger partial charge in [-0.2, -0.15) is 0 Å². The SMILES string of the molecule is O=C1NC(=O)[C@H](Cc2cccc(Oc3ccccc3)c2)S1. The molecule has 0 aliphatic carbocycles. The fourth-order valence-corrected chi connectivity index (χ4v) is 2.96. The maximum absolute atomic E-state index is 11.6. The zero-order valence-corrected chi connectivity index (χ0v) is 11.9. The molecule has 4 nitrogen and oxygen atoms in total. The minimum Gasteiger partial charge on any atom is -0.457 e. The molecule has 2 aromatic carbocycles. The number of benzene rings is 2. The van der Waals surface area contributed by atoms with Gasteiger partial charge < -0.3 is 4.74 Å². The molecule has 0 bridgehead atoms. The lowest BCUT2D eigenvalue weighted by molar-refractivity contribution is -0.118. The van der Waals surface area contributed by atoms with Gasteiger partial charge in [0.1, 0.15) is 11.5 Å². The third-order valence-corrected chi connectivity index (χ3v) is 4.05. The fraction of sp³-hybridized carbons (Fsp3) is 0.125. The maximum Gasteiger partial charge on any atom is 0.286 e. The molecule has 1 heterocycles. The summed E-state index contributed by atoms with van der Waals surface area (Å²) in [4.78, 5) is 22.7. The van der Waals surface area contributed by atoms with Gasteiger partial charge in [0.25, 0.3) is 5.24 Å². The summed E-state index contributed by atoms with van der Waals surface area (Å²) >= 11 is 1.04. The molecule has 5 heteroatoms. The van der Waals surface area contributed by atoms with Gasteiger partial charge in [0.05, 0.1) is 5.25 Å². The van der Waals surface area contributed by atoms with E-state index in [1.165, 1.54) is 0 Å². The van der Waals surface area contributed by atoms with Crippen LogP contribution in [0.1, 0.15) is 5.56 Å². The first-order valence-corrected chi connectivity index (χ1v) is 7.42. The molecule has 1 saturated heterocycles. The summed E-state index contributed by atoms with van der Waals surface area (Å²) in [7, 11) is 0. The van der Waals surface area contributed by atoms with E-state index in [1.807, 2.05) is 54.6 Å². The minimum atomic E-state index is -0.357. The van der Waals surface area contributed by atoms with Crippen molar-refractivity contribution < 1.29 is 14.3 Å². The van der Waals surface area contributed by atoms with Crippen LogP contribution in [0.4, 0.5) is 4.79 Å². The Hall–Kier alpha value is -2.27. The van der Waals surface area contributed by atoms with E-state index < -0.39 is 0 Å². The first kappa shape index (κ1) is 13.7. The number of amides is 2. The molecule has 0 unspecified atom stereocenters. The molecule has 1 aliphatic heterocycles. The molecule has 106 valence electrons. The van der Waals surface area contributed by atoms with Crippen LogP contribution in [0.25, 0.3) is 0 Å². The largest absolute Gasteiger partial charge is 0.457 e. The molecule has 1 atom stereocenters. The van der Waals surface area contributed by atoms with Gasteiger partial charge >= 0.3 is 0 Å².